The first-order valence-corrected chi connectivity index (χ1v) is 2.91. The van der Waals surface area contributed by atoms with Crippen LogP contribution < -0.4 is 0 Å². The summed E-state index contributed by atoms with van der Waals surface area (Å²) in [5.41, 5.74) is 0.318. The molecule has 0 aromatic heterocycles. The lowest BCUT2D eigenvalue weighted by Crippen LogP contribution is -1.95. The summed E-state index contributed by atoms with van der Waals surface area (Å²) < 4.78 is 0. The summed E-state index contributed by atoms with van der Waals surface area (Å²) in [6.45, 7) is 3.15. The number of aliphatic imine (C=N–C) groups is 1. The minimum Gasteiger partial charge on any atom is -0.308 e. The molecule has 0 atom stereocenters. The SMILES string of the molecule is CC=N/C=C(\C=N)C(C)=O. The van der Waals surface area contributed by atoms with Crippen LogP contribution in [0.2, 0.25) is 0 Å². The quantitative estimate of drug-likeness (QED) is 0.462. The lowest BCUT2D eigenvalue weighted by Gasteiger charge is -1.87. The maximum absolute atomic E-state index is 10.6. The van der Waals surface area contributed by atoms with Gasteiger partial charge in [-0.1, -0.05) is 0 Å². The average molecular weight is 138 g/mol. The van der Waals surface area contributed by atoms with E-state index in [-0.39, 0.29) is 5.78 Å². The fourth-order valence-electron chi connectivity index (χ4n) is 0.385. The molecule has 0 aliphatic rings. The predicted octanol–water partition coefficient (Wildman–Crippen LogP) is 1.20. The molecule has 0 saturated heterocycles. The van der Waals surface area contributed by atoms with Crippen molar-refractivity contribution in [1.82, 2.24) is 0 Å². The second kappa shape index (κ2) is 4.61. The molecule has 0 aliphatic heterocycles. The predicted molar refractivity (Wildman–Crippen MR) is 41.7 cm³/mol. The van der Waals surface area contributed by atoms with E-state index < -0.39 is 0 Å². The first kappa shape index (κ1) is 8.75. The van der Waals surface area contributed by atoms with Crippen LogP contribution in [0.25, 0.3) is 0 Å². The highest BCUT2D eigenvalue weighted by molar-refractivity contribution is 6.11. The second-order valence-corrected chi connectivity index (χ2v) is 1.69. The number of allylic oxidation sites excluding steroid dienone is 1. The van der Waals surface area contributed by atoms with E-state index in [2.05, 4.69) is 4.99 Å². The molecule has 0 amide bonds. The van der Waals surface area contributed by atoms with E-state index in [1.165, 1.54) is 13.1 Å². The molecule has 10 heavy (non-hydrogen) atoms. The number of carbonyl (C=O) groups excluding carboxylic acids is 1. The Bertz CT molecular complexity index is 192. The molecule has 0 rings (SSSR count). The third-order valence-corrected chi connectivity index (χ3v) is 0.925. The highest BCUT2D eigenvalue weighted by Crippen LogP contribution is 1.90. The minimum atomic E-state index is -0.138. The smallest absolute Gasteiger partial charge is 0.162 e. The number of hydrogen-bond acceptors (Lipinski definition) is 3. The van der Waals surface area contributed by atoms with E-state index in [1.807, 2.05) is 0 Å². The summed E-state index contributed by atoms with van der Waals surface area (Å²) in [5, 5.41) is 6.78. The second-order valence-electron chi connectivity index (χ2n) is 1.69. The molecule has 0 saturated carbocycles. The van der Waals surface area contributed by atoms with Crippen LogP contribution in [-0.2, 0) is 4.79 Å². The summed E-state index contributed by atoms with van der Waals surface area (Å²) in [7, 11) is 0. The number of nitrogens with one attached hydrogen (secondary N) is 1. The van der Waals surface area contributed by atoms with Crippen LogP contribution in [0.3, 0.4) is 0 Å². The summed E-state index contributed by atoms with van der Waals surface area (Å²) in [5.74, 6) is -0.138. The average Bonchev–Trinajstić information content (AvgIpc) is 1.89. The van der Waals surface area contributed by atoms with Gasteiger partial charge in [-0.2, -0.15) is 0 Å². The van der Waals surface area contributed by atoms with Crippen LogP contribution in [0.4, 0.5) is 0 Å². The molecule has 0 bridgehead atoms. The van der Waals surface area contributed by atoms with E-state index in [4.69, 9.17) is 5.41 Å². The van der Waals surface area contributed by atoms with Gasteiger partial charge in [0.05, 0.1) is 5.57 Å². The van der Waals surface area contributed by atoms with Gasteiger partial charge in [0.25, 0.3) is 0 Å². The van der Waals surface area contributed by atoms with Crippen molar-refractivity contribution in [3.8, 4) is 0 Å². The van der Waals surface area contributed by atoms with Crippen LogP contribution >= 0.6 is 0 Å². The van der Waals surface area contributed by atoms with Gasteiger partial charge in [-0.05, 0) is 13.8 Å². The molecule has 3 heteroatoms. The van der Waals surface area contributed by atoms with Crippen LogP contribution in [0.15, 0.2) is 16.8 Å². The highest BCUT2D eigenvalue weighted by atomic mass is 16.1. The summed E-state index contributed by atoms with van der Waals surface area (Å²) in [6.07, 6.45) is 3.93. The highest BCUT2D eigenvalue weighted by Gasteiger charge is 1.96. The first-order chi connectivity index (χ1) is 4.72. The maximum atomic E-state index is 10.6. The van der Waals surface area contributed by atoms with Crippen molar-refractivity contribution in [2.45, 2.75) is 13.8 Å². The number of nitrogens with zero attached hydrogens (tertiary/aromatic N) is 1. The van der Waals surface area contributed by atoms with Gasteiger partial charge in [0.2, 0.25) is 0 Å². The Morgan fingerprint density at radius 3 is 2.50 bits per heavy atom. The molecular formula is C7H10N2O. The molecule has 0 aromatic carbocycles. The molecule has 0 unspecified atom stereocenters. The molecule has 3 nitrogen and oxygen atoms in total. The van der Waals surface area contributed by atoms with Crippen LogP contribution in [0.5, 0.6) is 0 Å². The molecule has 0 aromatic rings. The fourth-order valence-corrected chi connectivity index (χ4v) is 0.385. The Morgan fingerprint density at radius 2 is 2.20 bits per heavy atom. The third-order valence-electron chi connectivity index (χ3n) is 0.925. The summed E-state index contributed by atoms with van der Waals surface area (Å²) in [6, 6.07) is 0. The van der Waals surface area contributed by atoms with Gasteiger partial charge in [-0.3, -0.25) is 9.79 Å². The zero-order valence-corrected chi connectivity index (χ0v) is 6.09. The van der Waals surface area contributed by atoms with Crippen molar-refractivity contribution in [1.29, 1.82) is 5.41 Å². The third kappa shape index (κ3) is 2.91. The molecular weight excluding hydrogens is 128 g/mol. The van der Waals surface area contributed by atoms with Crippen LogP contribution in [0, 0.1) is 5.41 Å². The maximum Gasteiger partial charge on any atom is 0.162 e. The van der Waals surface area contributed by atoms with E-state index in [1.54, 1.807) is 13.1 Å². The van der Waals surface area contributed by atoms with Crippen molar-refractivity contribution in [3.63, 3.8) is 0 Å². The van der Waals surface area contributed by atoms with E-state index in [9.17, 15) is 4.79 Å². The number of ketones is 1. The largest absolute Gasteiger partial charge is 0.308 e. The number of rotatable bonds is 3. The van der Waals surface area contributed by atoms with E-state index >= 15 is 0 Å². The standard InChI is InChI=1S/C7H10N2O/c1-3-9-5-7(4-8)6(2)10/h3-5,8H,1-2H3/b7-5+,8-4?,9-3?. The van der Waals surface area contributed by atoms with Crippen molar-refractivity contribution < 1.29 is 4.79 Å². The topological polar surface area (TPSA) is 53.3 Å². The lowest BCUT2D eigenvalue weighted by molar-refractivity contribution is -0.113. The van der Waals surface area contributed by atoms with Gasteiger partial charge in [0, 0.05) is 18.6 Å². The lowest BCUT2D eigenvalue weighted by atomic mass is 10.2. The monoisotopic (exact) mass is 138 g/mol. The number of Topliss-reactive ketones (excluding diaryl/α,β-unsaturated/α-hetero) is 1. The van der Waals surface area contributed by atoms with E-state index in [0.717, 1.165) is 6.21 Å². The van der Waals surface area contributed by atoms with Gasteiger partial charge < -0.3 is 5.41 Å². The zero-order chi connectivity index (χ0) is 7.98. The Labute approximate surface area is 60.0 Å². The summed E-state index contributed by atoms with van der Waals surface area (Å²) >= 11 is 0. The van der Waals surface area contributed by atoms with Crippen molar-refractivity contribution in [2.75, 3.05) is 0 Å². The normalized spacial score (nSPS) is 12.0. The Kier molecular flexibility index (Phi) is 4.04. The zero-order valence-electron chi connectivity index (χ0n) is 6.09. The Balaban J connectivity index is 4.33. The van der Waals surface area contributed by atoms with Gasteiger partial charge >= 0.3 is 0 Å². The van der Waals surface area contributed by atoms with Crippen LogP contribution in [-0.4, -0.2) is 18.2 Å². The van der Waals surface area contributed by atoms with Gasteiger partial charge in [-0.25, -0.2) is 0 Å². The summed E-state index contributed by atoms with van der Waals surface area (Å²) in [4.78, 5) is 14.3. The molecule has 0 aliphatic carbocycles. The Morgan fingerprint density at radius 1 is 1.60 bits per heavy atom. The number of carbonyl (C=O) groups is 1. The van der Waals surface area contributed by atoms with E-state index in [0.29, 0.717) is 5.57 Å². The van der Waals surface area contributed by atoms with Gasteiger partial charge in [0.15, 0.2) is 5.78 Å². The van der Waals surface area contributed by atoms with Crippen molar-refractivity contribution in [3.05, 3.63) is 11.8 Å². The molecule has 0 radical (unpaired) electrons. The fraction of sp³-hybridized carbons (Fsp3) is 0.286. The minimum absolute atomic E-state index is 0.138. The van der Waals surface area contributed by atoms with Gasteiger partial charge in [0.1, 0.15) is 0 Å². The molecule has 0 spiro atoms. The molecule has 1 N–H and O–H groups in total. The number of hydrogen-bond donors (Lipinski definition) is 1. The molecule has 0 heterocycles. The first-order valence-electron chi connectivity index (χ1n) is 2.91. The van der Waals surface area contributed by atoms with Crippen LogP contribution in [0.1, 0.15) is 13.8 Å². The van der Waals surface area contributed by atoms with Gasteiger partial charge in [-0.15, -0.1) is 0 Å². The molecule has 54 valence electrons. The molecule has 0 fully saturated rings. The van der Waals surface area contributed by atoms with Crippen molar-refractivity contribution in [2.24, 2.45) is 4.99 Å². The Hall–Kier alpha value is -1.25. The van der Waals surface area contributed by atoms with Crippen molar-refractivity contribution >= 4 is 18.2 Å².